The maximum atomic E-state index is 13.4. The molecule has 0 spiro atoms. The second kappa shape index (κ2) is 13.9. The molecule has 0 aliphatic carbocycles. The molecular formula is C33H30N9O8S2+. The van der Waals surface area contributed by atoms with Gasteiger partial charge in [0.15, 0.2) is 34.7 Å². The number of fused-ring (bicyclic) bond motifs is 2. The number of anilines is 2. The minimum atomic E-state index is -1.34. The van der Waals surface area contributed by atoms with E-state index in [1.165, 1.54) is 23.2 Å². The van der Waals surface area contributed by atoms with Crippen LogP contribution >= 0.6 is 23.1 Å². The third-order valence-electron chi connectivity index (χ3n) is 8.57. The molecule has 2 fully saturated rings. The second-order valence-corrected chi connectivity index (χ2v) is 14.0. The lowest BCUT2D eigenvalue weighted by atomic mass is 10.0. The van der Waals surface area contributed by atoms with Crippen LogP contribution in [-0.2, 0) is 37.1 Å². The third-order valence-corrected chi connectivity index (χ3v) is 10.5. The van der Waals surface area contributed by atoms with Gasteiger partial charge in [-0.3, -0.25) is 24.1 Å². The van der Waals surface area contributed by atoms with Crippen LogP contribution in [0, 0.1) is 6.92 Å². The van der Waals surface area contributed by atoms with Crippen molar-refractivity contribution in [1.82, 2.24) is 25.1 Å². The lowest BCUT2D eigenvalue weighted by Crippen LogP contribution is -2.71. The number of nitrogens with two attached hydrogens (primary N) is 1. The summed E-state index contributed by atoms with van der Waals surface area (Å²) in [4.78, 5) is 75.3. The smallest absolute Gasteiger partial charge is 0.352 e. The van der Waals surface area contributed by atoms with Crippen molar-refractivity contribution in [3.63, 3.8) is 0 Å². The van der Waals surface area contributed by atoms with E-state index in [0.717, 1.165) is 21.8 Å². The van der Waals surface area contributed by atoms with Crippen LogP contribution in [0.1, 0.15) is 23.6 Å². The number of nitrogen functional groups attached to an aromatic ring is 1. The Morgan fingerprint density at radius 1 is 1.19 bits per heavy atom. The average molecular weight is 745 g/mol. The number of aryl methyl sites for hydroxylation is 1. The van der Waals surface area contributed by atoms with Crippen LogP contribution in [0.3, 0.4) is 0 Å². The number of benzene rings is 1. The number of allylic oxidation sites excluding steroid dienone is 1. The fraction of sp³-hybridized carbons (Fsp3) is 0.242. The van der Waals surface area contributed by atoms with E-state index in [4.69, 9.17) is 10.2 Å². The molecule has 0 unspecified atom stereocenters. The number of oxime groups is 1. The molecule has 6 N–H and O–H groups in total. The highest BCUT2D eigenvalue weighted by Gasteiger charge is 2.54. The molecule has 0 radical (unpaired) electrons. The zero-order valence-electron chi connectivity index (χ0n) is 27.3. The first kappa shape index (κ1) is 34.4. The number of carbonyl (C=O) groups is 5. The molecule has 52 heavy (non-hydrogen) atoms. The van der Waals surface area contributed by atoms with Crippen molar-refractivity contribution in [2.75, 3.05) is 23.3 Å². The van der Waals surface area contributed by atoms with E-state index in [1.807, 2.05) is 12.1 Å². The number of likely N-dealkylation sites (tertiary alicyclic amines) is 1. The van der Waals surface area contributed by atoms with Gasteiger partial charge in [-0.15, -0.1) is 23.1 Å². The first-order valence-corrected chi connectivity index (χ1v) is 17.7. The number of hydrogen-bond acceptors (Lipinski definition) is 13. The standard InChI is InChI=1S/C33H29N9O8S2/c1-16-35-21-11-20(2-3-23(21)50-16)36-24(43)13-40-7-4-17(5-8-40)12-41-9-6-18(29(41)45)10-19-14-51-31-26(30(46)42(31)27(19)32(47)48)38-28(44)25(39-49)22-15-52-33(34)37-22/h2-5,7-8,10-11,15,26,31H,6,9,12-14H2,1H3,(H5-,34,36,37,38,43,44,47,48,49)/p+1/b18-10+/t26-,31-/m1/s1. The van der Waals surface area contributed by atoms with E-state index in [1.54, 1.807) is 47.0 Å². The molecule has 266 valence electrons. The SMILES string of the molecule is Cc1nc2cc(NC(=O)C[n+]3ccc(CN4CC/C(=C\C5=C(C(=O)O)N6C(=O)[C@@H](NC(=O)/C(=N\O)c7csc(N)n7)[C@H]6SC5)C4=O)cc3)ccc2o1. The van der Waals surface area contributed by atoms with Crippen LogP contribution in [0.15, 0.2) is 80.6 Å². The molecule has 1 aromatic carbocycles. The molecule has 6 heterocycles. The summed E-state index contributed by atoms with van der Waals surface area (Å²) in [6.45, 7) is 2.54. The highest BCUT2D eigenvalue weighted by atomic mass is 32.2. The largest absolute Gasteiger partial charge is 0.477 e. The summed E-state index contributed by atoms with van der Waals surface area (Å²) >= 11 is 2.27. The second-order valence-electron chi connectivity index (χ2n) is 12.0. The number of thiazole rings is 1. The van der Waals surface area contributed by atoms with Gasteiger partial charge < -0.3 is 36.0 Å². The number of amides is 4. The number of thioether (sulfide) groups is 1. The summed E-state index contributed by atoms with van der Waals surface area (Å²) in [5.74, 6) is -2.64. The quantitative estimate of drug-likeness (QED) is 0.0387. The van der Waals surface area contributed by atoms with Crippen LogP contribution in [-0.4, -0.2) is 89.1 Å². The van der Waals surface area contributed by atoms with E-state index in [2.05, 4.69) is 25.8 Å². The number of carboxylic acids is 1. The fourth-order valence-corrected chi connectivity index (χ4v) is 7.99. The van der Waals surface area contributed by atoms with Crippen LogP contribution in [0.2, 0.25) is 0 Å². The summed E-state index contributed by atoms with van der Waals surface area (Å²) in [6.07, 6.45) is 5.42. The Labute approximate surface area is 302 Å². The Bertz CT molecular complexity index is 2240. The topological polar surface area (TPSA) is 238 Å². The Hall–Kier alpha value is -6.08. The minimum absolute atomic E-state index is 0.0303. The maximum Gasteiger partial charge on any atom is 0.352 e. The highest BCUT2D eigenvalue weighted by Crippen LogP contribution is 2.41. The molecule has 2 saturated heterocycles. The van der Waals surface area contributed by atoms with Crippen molar-refractivity contribution in [3.05, 3.63) is 88.2 Å². The third kappa shape index (κ3) is 6.70. The number of nitrogens with zero attached hydrogens (tertiary/aromatic N) is 6. The van der Waals surface area contributed by atoms with Crippen molar-refractivity contribution in [1.29, 1.82) is 0 Å². The minimum Gasteiger partial charge on any atom is -0.477 e. The van der Waals surface area contributed by atoms with Crippen molar-refractivity contribution in [3.8, 4) is 0 Å². The lowest BCUT2D eigenvalue weighted by Gasteiger charge is -2.49. The van der Waals surface area contributed by atoms with Crippen molar-refractivity contribution in [2.45, 2.75) is 37.8 Å². The molecule has 4 amide bonds. The van der Waals surface area contributed by atoms with E-state index in [-0.39, 0.29) is 40.6 Å². The summed E-state index contributed by atoms with van der Waals surface area (Å²) in [7, 11) is 0. The van der Waals surface area contributed by atoms with Gasteiger partial charge in [-0.1, -0.05) is 5.16 Å². The Morgan fingerprint density at radius 3 is 2.69 bits per heavy atom. The Morgan fingerprint density at radius 2 is 1.98 bits per heavy atom. The number of oxazole rings is 1. The molecule has 3 aliphatic heterocycles. The first-order valence-electron chi connectivity index (χ1n) is 15.8. The number of pyridine rings is 1. The van der Waals surface area contributed by atoms with E-state index in [0.29, 0.717) is 53.3 Å². The number of aromatic nitrogens is 3. The summed E-state index contributed by atoms with van der Waals surface area (Å²) in [5.41, 5.74) is 8.39. The van der Waals surface area contributed by atoms with Crippen molar-refractivity contribution >= 4 is 80.3 Å². The van der Waals surface area contributed by atoms with E-state index >= 15 is 0 Å². The number of nitrogens with one attached hydrogen (secondary N) is 2. The molecule has 3 aromatic heterocycles. The van der Waals surface area contributed by atoms with Gasteiger partial charge >= 0.3 is 5.97 Å². The highest BCUT2D eigenvalue weighted by molar-refractivity contribution is 8.00. The van der Waals surface area contributed by atoms with Crippen LogP contribution in [0.5, 0.6) is 0 Å². The van der Waals surface area contributed by atoms with Crippen molar-refractivity contribution < 1.29 is 43.3 Å². The van der Waals surface area contributed by atoms with Gasteiger partial charge in [0.05, 0.1) is 0 Å². The predicted octanol–water partition coefficient (Wildman–Crippen LogP) is 1.38. The molecule has 17 nitrogen and oxygen atoms in total. The monoisotopic (exact) mass is 744 g/mol. The molecule has 4 aromatic rings. The molecule has 2 atom stereocenters. The molecular weight excluding hydrogens is 715 g/mol. The van der Waals surface area contributed by atoms with Crippen LogP contribution in [0.4, 0.5) is 10.8 Å². The van der Waals surface area contributed by atoms with Crippen LogP contribution in [0.25, 0.3) is 11.1 Å². The maximum absolute atomic E-state index is 13.4. The number of carboxylic acid groups (broad SMARTS) is 1. The zero-order valence-corrected chi connectivity index (χ0v) is 28.9. The van der Waals surface area contributed by atoms with Crippen LogP contribution < -0.4 is 20.9 Å². The fourth-order valence-electron chi connectivity index (χ4n) is 6.14. The average Bonchev–Trinajstić information content (AvgIpc) is 3.81. The van der Waals surface area contributed by atoms with Gasteiger partial charge in [-0.2, -0.15) is 4.57 Å². The number of hydrogen-bond donors (Lipinski definition) is 5. The van der Waals surface area contributed by atoms with Gasteiger partial charge in [0.2, 0.25) is 12.5 Å². The van der Waals surface area contributed by atoms with Gasteiger partial charge in [0, 0.05) is 54.5 Å². The Kier molecular flexibility index (Phi) is 9.20. The van der Waals surface area contributed by atoms with E-state index in [9.17, 15) is 34.3 Å². The van der Waals surface area contributed by atoms with Crippen molar-refractivity contribution in [2.24, 2.45) is 5.16 Å². The Balaban J connectivity index is 0.965. The number of β-lactam (4-membered cyclic amide) rings is 1. The van der Waals surface area contributed by atoms with Gasteiger partial charge in [-0.05, 0) is 41.8 Å². The van der Waals surface area contributed by atoms with Gasteiger partial charge in [-0.25, -0.2) is 14.8 Å². The molecule has 19 heteroatoms. The zero-order chi connectivity index (χ0) is 36.7. The summed E-state index contributed by atoms with van der Waals surface area (Å²) in [6, 6.07) is 7.81. The van der Waals surface area contributed by atoms with E-state index < -0.39 is 34.9 Å². The molecule has 0 saturated carbocycles. The number of carbonyl (C=O) groups excluding carboxylic acids is 4. The predicted molar refractivity (Wildman–Crippen MR) is 187 cm³/mol. The van der Waals surface area contributed by atoms with Gasteiger partial charge in [0.1, 0.15) is 28.3 Å². The number of aliphatic carboxylic acids is 1. The number of rotatable bonds is 10. The summed E-state index contributed by atoms with van der Waals surface area (Å²) in [5, 5.41) is 28.7. The summed E-state index contributed by atoms with van der Waals surface area (Å²) < 4.78 is 7.19. The molecule has 0 bridgehead atoms. The van der Waals surface area contributed by atoms with Gasteiger partial charge in [0.25, 0.3) is 17.7 Å². The molecule has 3 aliphatic rings. The molecule has 7 rings (SSSR count). The normalized spacial score (nSPS) is 19.6. The lowest BCUT2D eigenvalue weighted by molar-refractivity contribution is -0.684. The first-order chi connectivity index (χ1) is 25.0.